The van der Waals surface area contributed by atoms with Gasteiger partial charge in [0.05, 0.1) is 18.3 Å². The molecular weight excluding hydrogens is 582 g/mol. The van der Waals surface area contributed by atoms with Gasteiger partial charge in [0.1, 0.15) is 5.54 Å². The summed E-state index contributed by atoms with van der Waals surface area (Å²) in [6.45, 7) is 7.52. The monoisotopic (exact) mass is 650 g/mol. The van der Waals surface area contributed by atoms with Gasteiger partial charge in [-0.25, -0.2) is 0 Å². The number of aromatic amines is 1. The second-order valence-corrected chi connectivity index (χ2v) is 13.4. The minimum atomic E-state index is -1.51. The number of amides is 1. The number of aliphatic hydroxyl groups is 1. The lowest BCUT2D eigenvalue weighted by molar-refractivity contribution is -0.148. The molecule has 0 bridgehead atoms. The lowest BCUT2D eigenvalue weighted by Crippen LogP contribution is -2.56. The van der Waals surface area contributed by atoms with Crippen molar-refractivity contribution < 1.29 is 29.3 Å². The van der Waals surface area contributed by atoms with Crippen molar-refractivity contribution in [1.29, 1.82) is 0 Å². The maximum Gasteiger partial charge on any atom is 0.324 e. The summed E-state index contributed by atoms with van der Waals surface area (Å²) in [5.74, 6) is -1.16. The molecule has 0 aliphatic carbocycles. The van der Waals surface area contributed by atoms with Crippen molar-refractivity contribution in [1.82, 2.24) is 10.3 Å². The number of hydrogen-bond donors (Lipinski definition) is 5. The second kappa shape index (κ2) is 25.7. The van der Waals surface area contributed by atoms with Gasteiger partial charge in [0.15, 0.2) is 0 Å². The van der Waals surface area contributed by atoms with Gasteiger partial charge in [-0.3, -0.25) is 14.4 Å². The van der Waals surface area contributed by atoms with Crippen LogP contribution in [0.4, 0.5) is 0 Å². The van der Waals surface area contributed by atoms with E-state index in [4.69, 9.17) is 10.5 Å². The Hall–Kier alpha value is -2.39. The molecule has 1 aromatic heterocycles. The number of nitrogens with one attached hydrogen (secondary N) is 2. The normalized spacial score (nSPS) is 14.7. The topological polar surface area (TPSA) is 155 Å². The number of nitrogens with two attached hydrogens (primary N) is 1. The average Bonchev–Trinajstić information content (AvgIpc) is 3.58. The number of carbonyl (C=O) groups is 3. The summed E-state index contributed by atoms with van der Waals surface area (Å²) in [7, 11) is 0. The van der Waals surface area contributed by atoms with Gasteiger partial charge in [-0.1, -0.05) is 91.4 Å². The number of unbranched alkanes of at least 4 members (excludes halogenated alkanes) is 9. The molecule has 4 unspecified atom stereocenters. The number of aliphatic hydroxyl groups excluding tert-OH is 1. The van der Waals surface area contributed by atoms with Gasteiger partial charge in [-0.2, -0.15) is 0 Å². The van der Waals surface area contributed by atoms with Crippen LogP contribution in [0, 0.1) is 11.8 Å². The van der Waals surface area contributed by atoms with E-state index in [0.717, 1.165) is 51.4 Å². The minimum absolute atomic E-state index is 0.00119. The molecule has 9 nitrogen and oxygen atoms in total. The highest BCUT2D eigenvalue weighted by Gasteiger charge is 2.43. The van der Waals surface area contributed by atoms with Gasteiger partial charge < -0.3 is 31.0 Å². The van der Waals surface area contributed by atoms with Gasteiger partial charge in [0.25, 0.3) is 5.91 Å². The third kappa shape index (κ3) is 18.1. The van der Waals surface area contributed by atoms with E-state index in [0.29, 0.717) is 69.6 Å². The molecule has 0 saturated carbocycles. The molecule has 0 spiro atoms. The Morgan fingerprint density at radius 2 is 1.46 bits per heavy atom. The fraction of sp³-hybridized carbons (Fsp3) is 0.811. The van der Waals surface area contributed by atoms with Crippen molar-refractivity contribution in [3.8, 4) is 0 Å². The van der Waals surface area contributed by atoms with E-state index in [9.17, 15) is 24.6 Å². The Morgan fingerprint density at radius 1 is 0.848 bits per heavy atom. The number of aliphatic carboxylic acids is 1. The van der Waals surface area contributed by atoms with Crippen molar-refractivity contribution in [2.45, 2.75) is 167 Å². The third-order valence-electron chi connectivity index (χ3n) is 9.31. The van der Waals surface area contributed by atoms with Crippen LogP contribution < -0.4 is 11.1 Å². The first kappa shape index (κ1) is 41.6. The molecule has 0 saturated heterocycles. The predicted octanol–water partition coefficient (Wildman–Crippen LogP) is 7.91. The smallest absolute Gasteiger partial charge is 0.324 e. The van der Waals surface area contributed by atoms with Crippen molar-refractivity contribution in [2.75, 3.05) is 13.2 Å². The largest absolute Gasteiger partial charge is 0.480 e. The highest BCUT2D eigenvalue weighted by molar-refractivity contribution is 5.93. The lowest BCUT2D eigenvalue weighted by Gasteiger charge is -2.36. The third-order valence-corrected chi connectivity index (χ3v) is 9.31. The Bertz CT molecular complexity index is 924. The SMILES string of the molecule is CCCCCCC(CCCC)COC(=O)CCCCCC(CCCCC)C(N)(CC(O)CCCCNC(=O)c1cc[nH]c1)C(=O)O. The zero-order valence-corrected chi connectivity index (χ0v) is 29.3. The van der Waals surface area contributed by atoms with Crippen LogP contribution in [-0.4, -0.2) is 57.8 Å². The molecule has 1 aromatic rings. The maximum atomic E-state index is 12.5. The molecule has 0 fully saturated rings. The van der Waals surface area contributed by atoms with E-state index < -0.39 is 17.6 Å². The van der Waals surface area contributed by atoms with Crippen LogP contribution in [-0.2, 0) is 14.3 Å². The molecule has 1 amide bonds. The number of hydrogen-bond acceptors (Lipinski definition) is 6. The number of aromatic nitrogens is 1. The minimum Gasteiger partial charge on any atom is -0.480 e. The first-order valence-electron chi connectivity index (χ1n) is 18.4. The number of rotatable bonds is 30. The number of carboxylic acids is 1. The molecule has 1 rings (SSSR count). The summed E-state index contributed by atoms with van der Waals surface area (Å²) in [5, 5.41) is 23.9. The molecule has 0 aliphatic heterocycles. The summed E-state index contributed by atoms with van der Waals surface area (Å²) in [4.78, 5) is 39.9. The van der Waals surface area contributed by atoms with Crippen LogP contribution in [0.1, 0.15) is 166 Å². The Morgan fingerprint density at radius 3 is 2.11 bits per heavy atom. The molecule has 0 aromatic carbocycles. The maximum absolute atomic E-state index is 12.5. The lowest BCUT2D eigenvalue weighted by atomic mass is 9.74. The molecule has 0 aliphatic rings. The number of carboxylic acid groups (broad SMARTS) is 1. The van der Waals surface area contributed by atoms with Crippen LogP contribution in [0.2, 0.25) is 0 Å². The molecule has 46 heavy (non-hydrogen) atoms. The highest BCUT2D eigenvalue weighted by atomic mass is 16.5. The van der Waals surface area contributed by atoms with E-state index in [1.54, 1.807) is 18.5 Å². The summed E-state index contributed by atoms with van der Waals surface area (Å²) < 4.78 is 5.67. The number of esters is 1. The molecule has 6 N–H and O–H groups in total. The Balaban J connectivity index is 2.51. The van der Waals surface area contributed by atoms with Gasteiger partial charge in [-0.05, 0) is 69.3 Å². The quantitative estimate of drug-likeness (QED) is 0.0419. The fourth-order valence-corrected chi connectivity index (χ4v) is 6.28. The first-order valence-corrected chi connectivity index (χ1v) is 18.4. The van der Waals surface area contributed by atoms with E-state index in [-0.39, 0.29) is 24.2 Å². The molecule has 266 valence electrons. The molecular formula is C37H67N3O6. The van der Waals surface area contributed by atoms with Crippen LogP contribution in [0.15, 0.2) is 18.5 Å². The fourth-order valence-electron chi connectivity index (χ4n) is 6.28. The highest BCUT2D eigenvalue weighted by Crippen LogP contribution is 2.32. The zero-order chi connectivity index (χ0) is 34.0. The number of ether oxygens (including phenoxy) is 1. The molecule has 4 atom stereocenters. The van der Waals surface area contributed by atoms with Gasteiger partial charge in [-0.15, -0.1) is 0 Å². The number of H-pyrrole nitrogens is 1. The average molecular weight is 650 g/mol. The molecule has 1 heterocycles. The van der Waals surface area contributed by atoms with Gasteiger partial charge in [0.2, 0.25) is 0 Å². The second-order valence-electron chi connectivity index (χ2n) is 13.4. The Kier molecular flexibility index (Phi) is 23.2. The Labute approximate surface area is 279 Å². The van der Waals surface area contributed by atoms with Gasteiger partial charge in [0, 0.05) is 31.8 Å². The van der Waals surface area contributed by atoms with Crippen molar-refractivity contribution in [3.05, 3.63) is 24.0 Å². The van der Waals surface area contributed by atoms with Crippen LogP contribution in [0.5, 0.6) is 0 Å². The summed E-state index contributed by atoms with van der Waals surface area (Å²) >= 11 is 0. The molecule has 0 radical (unpaired) electrons. The van der Waals surface area contributed by atoms with Crippen LogP contribution in [0.3, 0.4) is 0 Å². The standard InChI is InChI=1S/C37H67N3O6/c1-4-7-10-13-19-30(18-9-6-3)29-46-34(42)23-15-11-14-21-32(20-12-8-5-2)37(38,36(44)45)27-33(41)22-16-17-25-40-35(43)31-24-26-39-28-31/h24,26,28,30,32-33,39,41H,4-23,25,27,29,38H2,1-3H3,(H,40,43)(H,44,45). The van der Waals surface area contributed by atoms with E-state index >= 15 is 0 Å². The molecule has 9 heteroatoms. The zero-order valence-electron chi connectivity index (χ0n) is 29.3. The van der Waals surface area contributed by atoms with Crippen LogP contribution >= 0.6 is 0 Å². The number of carbonyl (C=O) groups excluding carboxylic acids is 2. The summed E-state index contributed by atoms with van der Waals surface area (Å²) in [6, 6.07) is 1.71. The summed E-state index contributed by atoms with van der Waals surface area (Å²) in [6.07, 6.45) is 20.7. The first-order chi connectivity index (χ1) is 22.2. The summed E-state index contributed by atoms with van der Waals surface area (Å²) in [5.41, 5.74) is 5.67. The predicted molar refractivity (Wildman–Crippen MR) is 186 cm³/mol. The van der Waals surface area contributed by atoms with Gasteiger partial charge >= 0.3 is 11.9 Å². The van der Waals surface area contributed by atoms with Crippen LogP contribution in [0.25, 0.3) is 0 Å². The van der Waals surface area contributed by atoms with E-state index in [1.807, 2.05) is 0 Å². The van der Waals surface area contributed by atoms with E-state index in [2.05, 4.69) is 31.1 Å². The van der Waals surface area contributed by atoms with Crippen molar-refractivity contribution in [3.63, 3.8) is 0 Å². The van der Waals surface area contributed by atoms with E-state index in [1.165, 1.54) is 32.1 Å². The van der Waals surface area contributed by atoms with Crippen molar-refractivity contribution >= 4 is 17.8 Å². The van der Waals surface area contributed by atoms with Crippen molar-refractivity contribution in [2.24, 2.45) is 17.6 Å².